The number of likely N-dealkylation sites (tertiary alicyclic amines) is 1. The fourth-order valence-corrected chi connectivity index (χ4v) is 4.63. The number of anilines is 2. The maximum atomic E-state index is 4.90. The molecule has 1 fully saturated rings. The van der Waals surface area contributed by atoms with Gasteiger partial charge in [-0.05, 0) is 37.1 Å². The predicted molar refractivity (Wildman–Crippen MR) is 125 cm³/mol. The molecule has 5 rings (SSSR count). The molecule has 0 radical (unpaired) electrons. The monoisotopic (exact) mass is 418 g/mol. The summed E-state index contributed by atoms with van der Waals surface area (Å²) in [5.41, 5.74) is 3.30. The van der Waals surface area contributed by atoms with Crippen LogP contribution < -0.4 is 10.6 Å². The molecule has 7 heteroatoms. The third-order valence-electron chi connectivity index (χ3n) is 5.63. The second-order valence-electron chi connectivity index (χ2n) is 7.62. The Balaban J connectivity index is 1.23. The normalized spacial score (nSPS) is 15.5. The van der Waals surface area contributed by atoms with E-state index in [1.165, 1.54) is 0 Å². The van der Waals surface area contributed by atoms with Gasteiger partial charge in [-0.1, -0.05) is 30.3 Å². The minimum Gasteiger partial charge on any atom is -0.360 e. The molecule has 2 aromatic heterocycles. The summed E-state index contributed by atoms with van der Waals surface area (Å²) >= 11 is 1.65. The van der Waals surface area contributed by atoms with Crippen LogP contribution in [-0.4, -0.2) is 51.7 Å². The van der Waals surface area contributed by atoms with Crippen molar-refractivity contribution in [2.45, 2.75) is 18.9 Å². The first-order valence-corrected chi connectivity index (χ1v) is 11.4. The number of nitrogens with zero attached hydrogens (tertiary/aromatic N) is 4. The van der Waals surface area contributed by atoms with E-state index in [2.05, 4.69) is 73.6 Å². The van der Waals surface area contributed by atoms with Crippen molar-refractivity contribution >= 4 is 33.5 Å². The van der Waals surface area contributed by atoms with Gasteiger partial charge in [0.05, 0.1) is 11.0 Å². The molecule has 154 valence electrons. The molecule has 2 N–H and O–H groups in total. The van der Waals surface area contributed by atoms with Crippen LogP contribution >= 0.6 is 11.3 Å². The molecule has 3 heterocycles. The smallest absolute Gasteiger partial charge is 0.208 e. The van der Waals surface area contributed by atoms with E-state index in [4.69, 9.17) is 4.98 Å². The van der Waals surface area contributed by atoms with Crippen LogP contribution in [-0.2, 0) is 0 Å². The number of hydrogen-bond acceptors (Lipinski definition) is 6. The molecule has 0 bridgehead atoms. The van der Waals surface area contributed by atoms with Crippen LogP contribution in [0.1, 0.15) is 12.8 Å². The Hall–Kier alpha value is -2.90. The Bertz CT molecular complexity index is 1070. The van der Waals surface area contributed by atoms with Crippen molar-refractivity contribution in [1.82, 2.24) is 19.4 Å². The molecule has 0 amide bonds. The number of piperidine rings is 1. The molecule has 2 aromatic carbocycles. The number of nitrogens with one attached hydrogen (secondary N) is 2. The number of imidazole rings is 1. The van der Waals surface area contributed by atoms with Gasteiger partial charge in [-0.2, -0.15) is 0 Å². The Labute approximate surface area is 180 Å². The van der Waals surface area contributed by atoms with E-state index in [1.807, 2.05) is 17.6 Å². The molecule has 6 nitrogen and oxygen atoms in total. The summed E-state index contributed by atoms with van der Waals surface area (Å²) in [7, 11) is 0. The van der Waals surface area contributed by atoms with E-state index >= 15 is 0 Å². The van der Waals surface area contributed by atoms with Gasteiger partial charge in [0.15, 0.2) is 5.13 Å². The van der Waals surface area contributed by atoms with Crippen molar-refractivity contribution in [3.63, 3.8) is 0 Å². The van der Waals surface area contributed by atoms with Crippen LogP contribution in [0.4, 0.5) is 11.1 Å². The molecule has 4 aromatic rings. The van der Waals surface area contributed by atoms with Crippen LogP contribution in [0.15, 0.2) is 66.2 Å². The van der Waals surface area contributed by atoms with Gasteiger partial charge < -0.3 is 15.5 Å². The van der Waals surface area contributed by atoms with Gasteiger partial charge >= 0.3 is 0 Å². The zero-order chi connectivity index (χ0) is 20.2. The minimum atomic E-state index is 0.437. The third-order valence-corrected chi connectivity index (χ3v) is 6.36. The fraction of sp³-hybridized carbons (Fsp3) is 0.304. The van der Waals surface area contributed by atoms with Gasteiger partial charge in [0, 0.05) is 49.5 Å². The summed E-state index contributed by atoms with van der Waals surface area (Å²) in [6.07, 6.45) is 4.08. The van der Waals surface area contributed by atoms with E-state index in [-0.39, 0.29) is 0 Å². The fourth-order valence-electron chi connectivity index (χ4n) is 4.08. The second-order valence-corrected chi connectivity index (χ2v) is 8.51. The lowest BCUT2D eigenvalue weighted by Crippen LogP contribution is -2.41. The summed E-state index contributed by atoms with van der Waals surface area (Å²) in [6.45, 7) is 4.19. The van der Waals surface area contributed by atoms with Gasteiger partial charge in [0.25, 0.3) is 0 Å². The predicted octanol–water partition coefficient (Wildman–Crippen LogP) is 4.47. The van der Waals surface area contributed by atoms with Crippen LogP contribution in [0.3, 0.4) is 0 Å². The first-order valence-electron chi connectivity index (χ1n) is 10.5. The van der Waals surface area contributed by atoms with Crippen molar-refractivity contribution in [3.05, 3.63) is 66.2 Å². The highest BCUT2D eigenvalue weighted by Gasteiger charge is 2.21. The zero-order valence-electron chi connectivity index (χ0n) is 16.9. The standard InChI is InChI=1S/C23H26N6S/c1-2-6-19(7-3-1)29-21-9-5-4-8-20(21)27-22(29)26-18-10-14-28(15-11-18)16-12-24-23-25-13-17-30-23/h1-9,13,17-18H,10-12,14-16H2,(H,24,25)(H,26,27). The Morgan fingerprint density at radius 1 is 1.00 bits per heavy atom. The van der Waals surface area contributed by atoms with Crippen molar-refractivity contribution in [2.24, 2.45) is 0 Å². The van der Waals surface area contributed by atoms with Gasteiger partial charge in [-0.3, -0.25) is 4.57 Å². The van der Waals surface area contributed by atoms with Gasteiger partial charge in [-0.15, -0.1) is 11.3 Å². The molecule has 30 heavy (non-hydrogen) atoms. The molecule has 1 saturated heterocycles. The number of fused-ring (bicyclic) bond motifs is 1. The lowest BCUT2D eigenvalue weighted by atomic mass is 10.1. The number of aromatic nitrogens is 3. The van der Waals surface area contributed by atoms with Crippen molar-refractivity contribution < 1.29 is 0 Å². The van der Waals surface area contributed by atoms with Gasteiger partial charge in [0.2, 0.25) is 5.95 Å². The average molecular weight is 419 g/mol. The van der Waals surface area contributed by atoms with E-state index in [9.17, 15) is 0 Å². The second kappa shape index (κ2) is 8.85. The summed E-state index contributed by atoms with van der Waals surface area (Å²) in [5.74, 6) is 0.936. The molecular weight excluding hydrogens is 392 g/mol. The Morgan fingerprint density at radius 2 is 1.80 bits per heavy atom. The Morgan fingerprint density at radius 3 is 2.60 bits per heavy atom. The summed E-state index contributed by atoms with van der Waals surface area (Å²) in [6, 6.07) is 19.3. The lowest BCUT2D eigenvalue weighted by molar-refractivity contribution is 0.226. The van der Waals surface area contributed by atoms with Crippen molar-refractivity contribution in [1.29, 1.82) is 0 Å². The highest BCUT2D eigenvalue weighted by atomic mass is 32.1. The first kappa shape index (κ1) is 19.1. The zero-order valence-corrected chi connectivity index (χ0v) is 17.7. The first-order chi connectivity index (χ1) is 14.9. The van der Waals surface area contributed by atoms with Crippen LogP contribution in [0, 0.1) is 0 Å². The SMILES string of the molecule is c1ccc(-n2c(NC3CCN(CCNc4nccs4)CC3)nc3ccccc32)cc1. The molecule has 0 spiro atoms. The number of benzene rings is 2. The van der Waals surface area contributed by atoms with Gasteiger partial charge in [-0.25, -0.2) is 9.97 Å². The largest absolute Gasteiger partial charge is 0.360 e. The number of rotatable bonds is 7. The minimum absolute atomic E-state index is 0.437. The maximum Gasteiger partial charge on any atom is 0.208 e. The molecule has 0 atom stereocenters. The number of thiazole rings is 1. The third kappa shape index (κ3) is 4.17. The number of para-hydroxylation sites is 3. The highest BCUT2D eigenvalue weighted by Crippen LogP contribution is 2.26. The Kier molecular flexibility index (Phi) is 5.63. The molecular formula is C23H26N6S. The topological polar surface area (TPSA) is 58.0 Å². The van der Waals surface area contributed by atoms with Crippen LogP contribution in [0.25, 0.3) is 16.7 Å². The van der Waals surface area contributed by atoms with E-state index in [1.54, 1.807) is 11.3 Å². The summed E-state index contributed by atoms with van der Waals surface area (Å²) < 4.78 is 2.24. The molecule has 1 aliphatic heterocycles. The van der Waals surface area contributed by atoms with Crippen LogP contribution in [0.2, 0.25) is 0 Å². The number of hydrogen-bond donors (Lipinski definition) is 2. The lowest BCUT2D eigenvalue weighted by Gasteiger charge is -2.32. The maximum absolute atomic E-state index is 4.90. The molecule has 0 saturated carbocycles. The van der Waals surface area contributed by atoms with Gasteiger partial charge in [0.1, 0.15) is 0 Å². The average Bonchev–Trinajstić information content (AvgIpc) is 3.43. The van der Waals surface area contributed by atoms with Crippen LogP contribution in [0.5, 0.6) is 0 Å². The summed E-state index contributed by atoms with van der Waals surface area (Å²) in [5, 5.41) is 10.1. The van der Waals surface area contributed by atoms with E-state index in [0.29, 0.717) is 6.04 Å². The van der Waals surface area contributed by atoms with E-state index < -0.39 is 0 Å². The highest BCUT2D eigenvalue weighted by molar-refractivity contribution is 7.13. The van der Waals surface area contributed by atoms with E-state index in [0.717, 1.165) is 66.8 Å². The van der Waals surface area contributed by atoms with Crippen molar-refractivity contribution in [3.8, 4) is 5.69 Å². The quantitative estimate of drug-likeness (QED) is 0.464. The molecule has 0 unspecified atom stereocenters. The molecule has 1 aliphatic rings. The summed E-state index contributed by atoms with van der Waals surface area (Å²) in [4.78, 5) is 11.7. The van der Waals surface area contributed by atoms with Crippen molar-refractivity contribution in [2.75, 3.05) is 36.8 Å². The molecule has 0 aliphatic carbocycles.